The second kappa shape index (κ2) is 22.3. The quantitative estimate of drug-likeness (QED) is 0.0599. The van der Waals surface area contributed by atoms with Crippen LogP contribution in [-0.4, -0.2) is 38.1 Å². The summed E-state index contributed by atoms with van der Waals surface area (Å²) in [6.45, 7) is 4.69. The lowest BCUT2D eigenvalue weighted by Crippen LogP contribution is -2.16. The highest BCUT2D eigenvalue weighted by Gasteiger charge is 2.23. The van der Waals surface area contributed by atoms with Gasteiger partial charge >= 0.3 is 11.9 Å². The predicted octanol–water partition coefficient (Wildman–Crippen LogP) is 8.64. The molecule has 0 saturated carbocycles. The number of esters is 2. The van der Waals surface area contributed by atoms with E-state index in [9.17, 15) is 22.6 Å². The molecule has 0 fully saturated rings. The number of allylic oxidation sites excluding steroid dienone is 4. The molecule has 0 aliphatic heterocycles. The topological polar surface area (TPSA) is 107 Å². The average molecular weight is 579 g/mol. The summed E-state index contributed by atoms with van der Waals surface area (Å²) in [6.07, 6.45) is 25.4. The van der Waals surface area contributed by atoms with Crippen LogP contribution in [0.2, 0.25) is 0 Å². The van der Waals surface area contributed by atoms with Crippen LogP contribution in [0.4, 0.5) is 0 Å². The average Bonchev–Trinajstić information content (AvgIpc) is 2.93. The standard InChI is InChI=1S/C32H50O7S/c1-3-5-7-9-11-13-15-17-19-21-25-38-31(33)29-24-23-28(40(35,36)37)27-30(29)32(34)39-26-22-20-18-16-14-12-10-8-6-4-2/h7-10,23-24,27H,3-6,11-22,25-26H2,1-2H3,(H,35,36,37)/b9-7+,10-8+. The van der Waals surface area contributed by atoms with Crippen molar-refractivity contribution in [3.05, 3.63) is 53.6 Å². The summed E-state index contributed by atoms with van der Waals surface area (Å²) >= 11 is 0. The molecule has 0 unspecified atom stereocenters. The fourth-order valence-electron chi connectivity index (χ4n) is 4.11. The first-order valence-corrected chi connectivity index (χ1v) is 16.5. The van der Waals surface area contributed by atoms with Gasteiger partial charge in [0.15, 0.2) is 0 Å². The number of hydrogen-bond donors (Lipinski definition) is 1. The highest BCUT2D eigenvalue weighted by Crippen LogP contribution is 2.19. The lowest BCUT2D eigenvalue weighted by atomic mass is 10.1. The van der Waals surface area contributed by atoms with Crippen LogP contribution in [0.5, 0.6) is 0 Å². The van der Waals surface area contributed by atoms with Crippen molar-refractivity contribution < 1.29 is 32.0 Å². The molecule has 0 aliphatic rings. The van der Waals surface area contributed by atoms with Gasteiger partial charge in [-0.15, -0.1) is 0 Å². The Morgan fingerprint density at radius 3 is 1.55 bits per heavy atom. The molecular formula is C32H50O7S. The van der Waals surface area contributed by atoms with Crippen molar-refractivity contribution in [2.75, 3.05) is 13.2 Å². The van der Waals surface area contributed by atoms with E-state index < -0.39 is 27.0 Å². The molecule has 7 nitrogen and oxygen atoms in total. The molecule has 0 aliphatic carbocycles. The van der Waals surface area contributed by atoms with Gasteiger partial charge in [0.1, 0.15) is 0 Å². The van der Waals surface area contributed by atoms with Gasteiger partial charge in [0.2, 0.25) is 0 Å². The van der Waals surface area contributed by atoms with Crippen molar-refractivity contribution in [1.82, 2.24) is 0 Å². The number of carbonyl (C=O) groups excluding carboxylic acids is 2. The molecule has 1 aromatic rings. The van der Waals surface area contributed by atoms with Gasteiger partial charge in [-0.3, -0.25) is 4.55 Å². The number of ether oxygens (including phenoxy) is 2. The molecule has 226 valence electrons. The van der Waals surface area contributed by atoms with Gasteiger partial charge in [0.05, 0.1) is 29.2 Å². The van der Waals surface area contributed by atoms with E-state index in [1.54, 1.807) is 0 Å². The highest BCUT2D eigenvalue weighted by atomic mass is 32.2. The van der Waals surface area contributed by atoms with Crippen LogP contribution < -0.4 is 0 Å². The Hall–Kier alpha value is -2.45. The molecule has 1 N–H and O–H groups in total. The Morgan fingerprint density at radius 1 is 0.650 bits per heavy atom. The number of unbranched alkanes of at least 4 members (excludes halogenated alkanes) is 12. The van der Waals surface area contributed by atoms with Gasteiger partial charge in [0, 0.05) is 0 Å². The Labute approximate surface area is 242 Å². The number of rotatable bonds is 23. The van der Waals surface area contributed by atoms with E-state index in [1.165, 1.54) is 12.5 Å². The first-order valence-electron chi connectivity index (χ1n) is 15.1. The van der Waals surface area contributed by atoms with E-state index in [2.05, 4.69) is 38.2 Å². The Bertz CT molecular complexity index is 1010. The first-order chi connectivity index (χ1) is 19.3. The maximum absolute atomic E-state index is 12.8. The van der Waals surface area contributed by atoms with Crippen molar-refractivity contribution in [3.63, 3.8) is 0 Å². The van der Waals surface area contributed by atoms with Crippen LogP contribution in [0.25, 0.3) is 0 Å². The molecule has 1 aromatic carbocycles. The third-order valence-corrected chi connectivity index (χ3v) is 7.32. The van der Waals surface area contributed by atoms with Gasteiger partial charge in [-0.1, -0.05) is 89.5 Å². The van der Waals surface area contributed by atoms with E-state index in [4.69, 9.17) is 9.47 Å². The molecular weight excluding hydrogens is 528 g/mol. The fourth-order valence-corrected chi connectivity index (χ4v) is 4.62. The number of carbonyl (C=O) groups is 2. The smallest absolute Gasteiger partial charge is 0.339 e. The van der Waals surface area contributed by atoms with E-state index in [1.807, 2.05) is 0 Å². The summed E-state index contributed by atoms with van der Waals surface area (Å²) in [5.74, 6) is -1.53. The maximum atomic E-state index is 12.8. The second-order valence-electron chi connectivity index (χ2n) is 10.1. The van der Waals surface area contributed by atoms with Crippen LogP contribution in [0.15, 0.2) is 47.4 Å². The minimum absolute atomic E-state index is 0.0765. The summed E-state index contributed by atoms with van der Waals surface area (Å²) < 4.78 is 43.3. The normalized spacial score (nSPS) is 11.9. The minimum Gasteiger partial charge on any atom is -0.462 e. The molecule has 0 radical (unpaired) electrons. The van der Waals surface area contributed by atoms with Crippen LogP contribution in [0, 0.1) is 0 Å². The summed E-state index contributed by atoms with van der Waals surface area (Å²) in [4.78, 5) is 25.0. The summed E-state index contributed by atoms with van der Waals surface area (Å²) in [6, 6.07) is 3.23. The lowest BCUT2D eigenvalue weighted by Gasteiger charge is -2.11. The van der Waals surface area contributed by atoms with Crippen molar-refractivity contribution in [1.29, 1.82) is 0 Å². The van der Waals surface area contributed by atoms with Gasteiger partial charge in [-0.25, -0.2) is 9.59 Å². The van der Waals surface area contributed by atoms with Gasteiger partial charge < -0.3 is 9.47 Å². The molecule has 0 amide bonds. The second-order valence-corrected chi connectivity index (χ2v) is 11.5. The molecule has 0 atom stereocenters. The lowest BCUT2D eigenvalue weighted by molar-refractivity contribution is 0.0450. The zero-order chi connectivity index (χ0) is 29.5. The molecule has 0 heterocycles. The van der Waals surface area contributed by atoms with E-state index in [-0.39, 0.29) is 24.3 Å². The fraction of sp³-hybridized carbons (Fsp3) is 0.625. The minimum atomic E-state index is -4.55. The molecule has 0 aromatic heterocycles. The van der Waals surface area contributed by atoms with Gasteiger partial charge in [0.25, 0.3) is 10.1 Å². The van der Waals surface area contributed by atoms with Gasteiger partial charge in [-0.05, 0) is 69.6 Å². The zero-order valence-corrected chi connectivity index (χ0v) is 25.4. The van der Waals surface area contributed by atoms with Crippen LogP contribution >= 0.6 is 0 Å². The van der Waals surface area contributed by atoms with E-state index >= 15 is 0 Å². The van der Waals surface area contributed by atoms with Crippen molar-refractivity contribution in [3.8, 4) is 0 Å². The Balaban J connectivity index is 2.49. The zero-order valence-electron chi connectivity index (χ0n) is 24.6. The summed E-state index contributed by atoms with van der Waals surface area (Å²) in [5.41, 5.74) is -0.303. The monoisotopic (exact) mass is 578 g/mol. The maximum Gasteiger partial charge on any atom is 0.339 e. The molecule has 1 rings (SSSR count). The first kappa shape index (κ1) is 35.6. The van der Waals surface area contributed by atoms with E-state index in [0.29, 0.717) is 12.8 Å². The van der Waals surface area contributed by atoms with Crippen molar-refractivity contribution >= 4 is 22.1 Å². The number of benzene rings is 1. The van der Waals surface area contributed by atoms with Crippen LogP contribution in [-0.2, 0) is 19.6 Å². The molecule has 0 spiro atoms. The highest BCUT2D eigenvalue weighted by molar-refractivity contribution is 7.85. The molecule has 0 saturated heterocycles. The molecule has 40 heavy (non-hydrogen) atoms. The van der Waals surface area contributed by atoms with Gasteiger partial charge in [-0.2, -0.15) is 8.42 Å². The number of hydrogen-bond acceptors (Lipinski definition) is 6. The van der Waals surface area contributed by atoms with E-state index in [0.717, 1.165) is 95.6 Å². The third-order valence-electron chi connectivity index (χ3n) is 6.47. The predicted molar refractivity (Wildman–Crippen MR) is 160 cm³/mol. The molecule has 8 heteroatoms. The van der Waals surface area contributed by atoms with Crippen LogP contribution in [0.3, 0.4) is 0 Å². The Kier molecular flexibility index (Phi) is 19.8. The van der Waals surface area contributed by atoms with Crippen molar-refractivity contribution in [2.45, 2.75) is 121 Å². The SMILES string of the molecule is CCC/C=C/CCCCCCCOC(=O)c1ccc(S(=O)(=O)O)cc1C(=O)OCCCCCCC/C=C/CCC. The third kappa shape index (κ3) is 16.6. The summed E-state index contributed by atoms with van der Waals surface area (Å²) in [7, 11) is -4.55. The molecule has 0 bridgehead atoms. The summed E-state index contributed by atoms with van der Waals surface area (Å²) in [5, 5.41) is 0. The Morgan fingerprint density at radius 2 is 1.07 bits per heavy atom. The largest absolute Gasteiger partial charge is 0.462 e. The van der Waals surface area contributed by atoms with Crippen molar-refractivity contribution in [2.24, 2.45) is 0 Å². The van der Waals surface area contributed by atoms with Crippen LogP contribution in [0.1, 0.15) is 137 Å².